The lowest BCUT2D eigenvalue weighted by molar-refractivity contribution is 0.180. The van der Waals surface area contributed by atoms with E-state index < -0.39 is 0 Å². The molecule has 0 spiro atoms. The van der Waals surface area contributed by atoms with Gasteiger partial charge in [-0.2, -0.15) is 9.61 Å². The number of carbonyl (C=O) groups is 1. The van der Waals surface area contributed by atoms with Crippen molar-refractivity contribution in [1.29, 1.82) is 0 Å². The van der Waals surface area contributed by atoms with Gasteiger partial charge in [-0.1, -0.05) is 36.4 Å². The second kappa shape index (κ2) is 10.2. The number of likely N-dealkylation sites (tertiary alicyclic amines) is 1. The number of hydrogen-bond acceptors (Lipinski definition) is 5. The van der Waals surface area contributed by atoms with Crippen LogP contribution in [-0.2, 0) is 13.1 Å². The lowest BCUT2D eigenvalue weighted by atomic mass is 9.93. The maximum Gasteiger partial charge on any atom is 0.317 e. The van der Waals surface area contributed by atoms with Gasteiger partial charge in [0.25, 0.3) is 0 Å². The van der Waals surface area contributed by atoms with Gasteiger partial charge in [0.2, 0.25) is 0 Å². The number of piperidine rings is 1. The monoisotopic (exact) mass is 519 g/mol. The zero-order valence-corrected chi connectivity index (χ0v) is 20.3. The third-order valence-corrected chi connectivity index (χ3v) is 6.69. The molecule has 1 fully saturated rings. The van der Waals surface area contributed by atoms with E-state index in [2.05, 4.69) is 42.7 Å². The average molecular weight is 520 g/mol. The van der Waals surface area contributed by atoms with Gasteiger partial charge in [0.1, 0.15) is 5.82 Å². The number of nitrogens with zero attached hydrogens (tertiary/aromatic N) is 5. The third kappa shape index (κ3) is 5.04. The lowest BCUT2D eigenvalue weighted by Crippen LogP contribution is -2.43. The molecule has 34 heavy (non-hydrogen) atoms. The fourth-order valence-corrected chi connectivity index (χ4v) is 4.60. The van der Waals surface area contributed by atoms with Crippen molar-refractivity contribution >= 4 is 33.4 Å². The normalized spacial score (nSPS) is 14.3. The number of pyridine rings is 1. The summed E-state index contributed by atoms with van der Waals surface area (Å²) in [5.74, 6) is 1.17. The van der Waals surface area contributed by atoms with Crippen LogP contribution in [0.25, 0.3) is 5.65 Å². The highest BCUT2D eigenvalue weighted by Gasteiger charge is 2.26. The number of aromatic nitrogens is 4. The summed E-state index contributed by atoms with van der Waals surface area (Å²) >= 11 is 3.58. The second-order valence-corrected chi connectivity index (χ2v) is 9.27. The van der Waals surface area contributed by atoms with Gasteiger partial charge < -0.3 is 15.5 Å². The SMILES string of the molecule is O=C(NCc1ccccc1)N1CCC(c2cc(NCc3cccnc3)n3ncc(Br)c3n2)CC1. The van der Waals surface area contributed by atoms with Crippen molar-refractivity contribution in [2.75, 3.05) is 18.4 Å². The Morgan fingerprint density at radius 1 is 1.03 bits per heavy atom. The summed E-state index contributed by atoms with van der Waals surface area (Å²) in [5.41, 5.74) is 4.00. The molecule has 0 atom stereocenters. The van der Waals surface area contributed by atoms with E-state index in [9.17, 15) is 4.79 Å². The minimum absolute atomic E-state index is 0.0110. The number of anilines is 1. The van der Waals surface area contributed by atoms with E-state index in [1.54, 1.807) is 12.4 Å². The van der Waals surface area contributed by atoms with Crippen molar-refractivity contribution in [3.8, 4) is 0 Å². The van der Waals surface area contributed by atoms with Crippen LogP contribution >= 0.6 is 15.9 Å². The largest absolute Gasteiger partial charge is 0.366 e. The van der Waals surface area contributed by atoms with E-state index in [0.717, 1.165) is 45.6 Å². The molecule has 4 aromatic rings. The number of fused-ring (bicyclic) bond motifs is 1. The van der Waals surface area contributed by atoms with Crippen LogP contribution in [0.2, 0.25) is 0 Å². The summed E-state index contributed by atoms with van der Waals surface area (Å²) in [6, 6.07) is 16.0. The molecule has 0 unspecified atom stereocenters. The highest BCUT2D eigenvalue weighted by atomic mass is 79.9. The molecule has 4 heterocycles. The van der Waals surface area contributed by atoms with Crippen LogP contribution in [0.4, 0.5) is 10.6 Å². The first kappa shape index (κ1) is 22.3. The zero-order chi connectivity index (χ0) is 23.3. The molecule has 0 aliphatic carbocycles. The van der Waals surface area contributed by atoms with Gasteiger partial charge in [0.15, 0.2) is 5.65 Å². The molecule has 1 aliphatic heterocycles. The van der Waals surface area contributed by atoms with E-state index in [4.69, 9.17) is 4.98 Å². The third-order valence-electron chi connectivity index (χ3n) is 6.13. The minimum atomic E-state index is -0.0110. The van der Waals surface area contributed by atoms with Crippen LogP contribution in [0.3, 0.4) is 0 Å². The topological polar surface area (TPSA) is 87.5 Å². The van der Waals surface area contributed by atoms with E-state index in [0.29, 0.717) is 26.2 Å². The van der Waals surface area contributed by atoms with Gasteiger partial charge in [-0.3, -0.25) is 4.98 Å². The number of nitrogens with one attached hydrogen (secondary N) is 2. The first-order valence-corrected chi connectivity index (χ1v) is 12.2. The molecule has 1 aliphatic rings. The first-order valence-electron chi connectivity index (χ1n) is 11.4. The van der Waals surface area contributed by atoms with Crippen molar-refractivity contribution in [2.24, 2.45) is 0 Å². The molecule has 9 heteroatoms. The molecular formula is C25H26BrN7O. The molecule has 174 valence electrons. The summed E-state index contributed by atoms with van der Waals surface area (Å²) in [5, 5.41) is 11.0. The predicted molar refractivity (Wildman–Crippen MR) is 134 cm³/mol. The average Bonchev–Trinajstić information content (AvgIpc) is 3.28. The number of carbonyl (C=O) groups excluding carboxylic acids is 1. The van der Waals surface area contributed by atoms with Crippen molar-refractivity contribution in [3.63, 3.8) is 0 Å². The van der Waals surface area contributed by atoms with E-state index in [1.165, 1.54) is 0 Å². The summed E-state index contributed by atoms with van der Waals surface area (Å²) in [7, 11) is 0. The number of halogens is 1. The van der Waals surface area contributed by atoms with Crippen molar-refractivity contribution in [3.05, 3.63) is 88.4 Å². The Hall–Kier alpha value is -3.46. The molecule has 0 radical (unpaired) electrons. The van der Waals surface area contributed by atoms with Crippen LogP contribution < -0.4 is 10.6 Å². The molecule has 2 N–H and O–H groups in total. The molecule has 8 nitrogen and oxygen atoms in total. The Bertz CT molecular complexity index is 1250. The maximum absolute atomic E-state index is 12.6. The molecule has 3 aromatic heterocycles. The van der Waals surface area contributed by atoms with Crippen LogP contribution in [-0.4, -0.2) is 43.6 Å². The van der Waals surface area contributed by atoms with E-state index in [-0.39, 0.29) is 11.9 Å². The van der Waals surface area contributed by atoms with Crippen LogP contribution in [0.5, 0.6) is 0 Å². The molecular weight excluding hydrogens is 494 g/mol. The van der Waals surface area contributed by atoms with E-state index >= 15 is 0 Å². The van der Waals surface area contributed by atoms with Crippen LogP contribution in [0.15, 0.2) is 71.6 Å². The van der Waals surface area contributed by atoms with E-state index in [1.807, 2.05) is 58.1 Å². The maximum atomic E-state index is 12.6. The highest BCUT2D eigenvalue weighted by Crippen LogP contribution is 2.30. The molecule has 1 saturated heterocycles. The second-order valence-electron chi connectivity index (χ2n) is 8.41. The Morgan fingerprint density at radius 2 is 1.82 bits per heavy atom. The highest BCUT2D eigenvalue weighted by molar-refractivity contribution is 9.10. The Labute approximate surface area is 206 Å². The first-order chi connectivity index (χ1) is 16.7. The summed E-state index contributed by atoms with van der Waals surface area (Å²) in [4.78, 5) is 23.6. The van der Waals surface area contributed by atoms with Crippen molar-refractivity contribution in [2.45, 2.75) is 31.8 Å². The van der Waals surface area contributed by atoms with Crippen molar-refractivity contribution < 1.29 is 4.79 Å². The number of benzene rings is 1. The molecule has 0 bridgehead atoms. The fourth-order valence-electron chi connectivity index (χ4n) is 4.25. The van der Waals surface area contributed by atoms with Crippen molar-refractivity contribution in [1.82, 2.24) is 29.8 Å². The fraction of sp³-hybridized carbons (Fsp3) is 0.280. The number of amides is 2. The lowest BCUT2D eigenvalue weighted by Gasteiger charge is -2.32. The quantitative estimate of drug-likeness (QED) is 0.389. The predicted octanol–water partition coefficient (Wildman–Crippen LogP) is 4.59. The summed E-state index contributed by atoms with van der Waals surface area (Å²) < 4.78 is 2.67. The van der Waals surface area contributed by atoms with Gasteiger partial charge in [-0.25, -0.2) is 9.78 Å². The minimum Gasteiger partial charge on any atom is -0.366 e. The number of urea groups is 1. The van der Waals surface area contributed by atoms with Gasteiger partial charge >= 0.3 is 6.03 Å². The summed E-state index contributed by atoms with van der Waals surface area (Å²) in [6.45, 7) is 2.59. The number of hydrogen-bond donors (Lipinski definition) is 2. The van der Waals surface area contributed by atoms with Crippen LogP contribution in [0, 0.1) is 0 Å². The van der Waals surface area contributed by atoms with Gasteiger partial charge in [0.05, 0.1) is 10.7 Å². The smallest absolute Gasteiger partial charge is 0.317 e. The molecule has 0 saturated carbocycles. The van der Waals surface area contributed by atoms with Gasteiger partial charge in [-0.15, -0.1) is 0 Å². The van der Waals surface area contributed by atoms with Gasteiger partial charge in [0, 0.05) is 56.3 Å². The molecule has 1 aromatic carbocycles. The Kier molecular flexibility index (Phi) is 6.71. The molecule has 5 rings (SSSR count). The Morgan fingerprint density at radius 3 is 2.59 bits per heavy atom. The zero-order valence-electron chi connectivity index (χ0n) is 18.7. The number of rotatable bonds is 6. The van der Waals surface area contributed by atoms with Gasteiger partial charge in [-0.05, 0) is 46.0 Å². The standard InChI is InChI=1S/C25H26BrN7O/c26-21-17-30-33-23(28-16-19-7-4-10-27-14-19)13-22(31-24(21)33)20-8-11-32(12-9-20)25(34)29-15-18-5-2-1-3-6-18/h1-7,10,13-14,17,20,28H,8-9,11-12,15-16H2,(H,29,34). The molecule has 2 amide bonds. The summed E-state index contributed by atoms with van der Waals surface area (Å²) in [6.07, 6.45) is 7.13. The van der Waals surface area contributed by atoms with Crippen LogP contribution in [0.1, 0.15) is 35.6 Å². The Balaban J connectivity index is 1.25.